The molecule has 3 aliphatic rings. The number of nitrogens with two attached hydrogens (primary N) is 1. The summed E-state index contributed by atoms with van der Waals surface area (Å²) in [5, 5.41) is 0. The van der Waals surface area contributed by atoms with Crippen LogP contribution in [-0.2, 0) is 4.74 Å². The first-order chi connectivity index (χ1) is 9.29. The highest BCUT2D eigenvalue weighted by Gasteiger charge is 2.43. The maximum atomic E-state index is 6.12. The Labute approximate surface area is 117 Å². The van der Waals surface area contributed by atoms with Crippen LogP contribution < -0.4 is 5.73 Å². The first kappa shape index (κ1) is 13.8. The quantitative estimate of drug-likeness (QED) is 0.835. The molecule has 3 nitrogen and oxygen atoms in total. The summed E-state index contributed by atoms with van der Waals surface area (Å²) in [4.78, 5) is 2.67. The number of hydrogen-bond acceptors (Lipinski definition) is 3. The summed E-state index contributed by atoms with van der Waals surface area (Å²) in [6, 6.07) is 0. The Kier molecular flexibility index (Phi) is 4.16. The van der Waals surface area contributed by atoms with Crippen molar-refractivity contribution in [3.8, 4) is 0 Å². The predicted octanol–water partition coefficient (Wildman–Crippen LogP) is 2.54. The van der Waals surface area contributed by atoms with E-state index in [1.54, 1.807) is 0 Å². The Bertz CT molecular complexity index is 283. The van der Waals surface area contributed by atoms with Crippen LogP contribution in [0.25, 0.3) is 0 Å². The fourth-order valence-electron chi connectivity index (χ4n) is 4.63. The smallest absolute Gasteiger partial charge is 0.0662 e. The molecule has 0 aromatic heterocycles. The molecule has 0 bridgehead atoms. The molecule has 0 aromatic carbocycles. The van der Waals surface area contributed by atoms with Gasteiger partial charge < -0.3 is 10.5 Å². The molecule has 19 heavy (non-hydrogen) atoms. The van der Waals surface area contributed by atoms with Crippen molar-refractivity contribution >= 4 is 0 Å². The summed E-state index contributed by atoms with van der Waals surface area (Å²) < 4.78 is 5.74. The molecule has 0 aromatic rings. The number of rotatable bonds is 2. The van der Waals surface area contributed by atoms with Gasteiger partial charge in [-0.25, -0.2) is 0 Å². The van der Waals surface area contributed by atoms with Gasteiger partial charge in [-0.3, -0.25) is 4.90 Å². The molecule has 3 fully saturated rings. The molecule has 2 heterocycles. The molecule has 1 aliphatic carbocycles. The third-order valence-corrected chi connectivity index (χ3v) is 6.09. The molecule has 3 heteroatoms. The number of likely N-dealkylation sites (tertiary alicyclic amines) is 1. The SMILES string of the molecule is NCC1(N2CCC3(CCCCC3)CC2)CCCOC1. The lowest BCUT2D eigenvalue weighted by Gasteiger charge is -2.52. The molecule has 2 N–H and O–H groups in total. The second-order valence-electron chi connectivity index (χ2n) is 7.13. The van der Waals surface area contributed by atoms with Crippen LogP contribution in [0.5, 0.6) is 0 Å². The minimum Gasteiger partial charge on any atom is -0.379 e. The molecular formula is C16H30N2O. The van der Waals surface area contributed by atoms with E-state index in [2.05, 4.69) is 4.90 Å². The summed E-state index contributed by atoms with van der Waals surface area (Å²) in [7, 11) is 0. The first-order valence-corrected chi connectivity index (χ1v) is 8.32. The summed E-state index contributed by atoms with van der Waals surface area (Å²) in [5.41, 5.74) is 6.97. The maximum Gasteiger partial charge on any atom is 0.0662 e. The van der Waals surface area contributed by atoms with Crippen LogP contribution in [0.15, 0.2) is 0 Å². The molecule has 1 atom stereocenters. The van der Waals surface area contributed by atoms with Gasteiger partial charge in [0, 0.05) is 13.2 Å². The second-order valence-corrected chi connectivity index (χ2v) is 7.13. The van der Waals surface area contributed by atoms with Gasteiger partial charge in [-0.2, -0.15) is 0 Å². The number of piperidine rings is 1. The highest BCUT2D eigenvalue weighted by molar-refractivity contribution is 4.98. The third kappa shape index (κ3) is 2.70. The van der Waals surface area contributed by atoms with Crippen LogP contribution in [0.2, 0.25) is 0 Å². The van der Waals surface area contributed by atoms with Crippen LogP contribution in [0, 0.1) is 5.41 Å². The van der Waals surface area contributed by atoms with Crippen LogP contribution in [0.1, 0.15) is 57.8 Å². The van der Waals surface area contributed by atoms with Crippen molar-refractivity contribution < 1.29 is 4.74 Å². The summed E-state index contributed by atoms with van der Waals surface area (Å²) in [5.74, 6) is 0. The highest BCUT2D eigenvalue weighted by Crippen LogP contribution is 2.46. The minimum absolute atomic E-state index is 0.161. The van der Waals surface area contributed by atoms with Crippen LogP contribution >= 0.6 is 0 Å². The average molecular weight is 266 g/mol. The van der Waals surface area contributed by atoms with Crippen molar-refractivity contribution in [1.29, 1.82) is 0 Å². The molecule has 1 spiro atoms. The van der Waals surface area contributed by atoms with Gasteiger partial charge in [0.1, 0.15) is 0 Å². The Morgan fingerprint density at radius 1 is 0.895 bits per heavy atom. The van der Waals surface area contributed by atoms with E-state index in [1.807, 2.05) is 0 Å². The molecule has 0 radical (unpaired) electrons. The Morgan fingerprint density at radius 3 is 2.21 bits per heavy atom. The summed E-state index contributed by atoms with van der Waals surface area (Å²) in [6.45, 7) is 5.05. The lowest BCUT2D eigenvalue weighted by molar-refractivity contribution is -0.0713. The van der Waals surface area contributed by atoms with Gasteiger partial charge in [-0.1, -0.05) is 19.3 Å². The van der Waals surface area contributed by atoms with Crippen molar-refractivity contribution in [1.82, 2.24) is 4.90 Å². The Balaban J connectivity index is 1.62. The number of ether oxygens (including phenoxy) is 1. The van der Waals surface area contributed by atoms with E-state index in [-0.39, 0.29) is 5.54 Å². The maximum absolute atomic E-state index is 6.12. The van der Waals surface area contributed by atoms with Gasteiger partial charge in [-0.15, -0.1) is 0 Å². The fraction of sp³-hybridized carbons (Fsp3) is 1.00. The van der Waals surface area contributed by atoms with E-state index in [0.717, 1.165) is 19.8 Å². The van der Waals surface area contributed by atoms with Crippen molar-refractivity contribution in [3.05, 3.63) is 0 Å². The van der Waals surface area contributed by atoms with E-state index in [1.165, 1.54) is 70.9 Å². The van der Waals surface area contributed by atoms with Gasteiger partial charge in [0.15, 0.2) is 0 Å². The van der Waals surface area contributed by atoms with Gasteiger partial charge in [0.2, 0.25) is 0 Å². The number of hydrogen-bond donors (Lipinski definition) is 1. The zero-order chi connectivity index (χ0) is 13.2. The normalized spacial score (nSPS) is 36.5. The van der Waals surface area contributed by atoms with E-state index in [0.29, 0.717) is 5.41 Å². The monoisotopic (exact) mass is 266 g/mol. The van der Waals surface area contributed by atoms with Crippen LogP contribution in [0.4, 0.5) is 0 Å². The van der Waals surface area contributed by atoms with Gasteiger partial charge in [0.05, 0.1) is 12.1 Å². The van der Waals surface area contributed by atoms with Gasteiger partial charge >= 0.3 is 0 Å². The van der Waals surface area contributed by atoms with Crippen LogP contribution in [-0.4, -0.2) is 43.3 Å². The highest BCUT2D eigenvalue weighted by atomic mass is 16.5. The minimum atomic E-state index is 0.161. The van der Waals surface area contributed by atoms with Gasteiger partial charge in [0.25, 0.3) is 0 Å². The summed E-state index contributed by atoms with van der Waals surface area (Å²) >= 11 is 0. The molecule has 2 saturated heterocycles. The zero-order valence-electron chi connectivity index (χ0n) is 12.3. The first-order valence-electron chi connectivity index (χ1n) is 8.32. The van der Waals surface area contributed by atoms with E-state index in [9.17, 15) is 0 Å². The molecule has 1 unspecified atom stereocenters. The van der Waals surface area contributed by atoms with Crippen LogP contribution in [0.3, 0.4) is 0 Å². The zero-order valence-corrected chi connectivity index (χ0v) is 12.3. The van der Waals surface area contributed by atoms with E-state index >= 15 is 0 Å². The van der Waals surface area contributed by atoms with Gasteiger partial charge in [-0.05, 0) is 57.0 Å². The largest absolute Gasteiger partial charge is 0.379 e. The van der Waals surface area contributed by atoms with E-state index in [4.69, 9.17) is 10.5 Å². The van der Waals surface area contributed by atoms with Crippen molar-refractivity contribution in [2.75, 3.05) is 32.8 Å². The second kappa shape index (κ2) is 5.71. The molecule has 110 valence electrons. The Hall–Kier alpha value is -0.120. The topological polar surface area (TPSA) is 38.5 Å². The molecular weight excluding hydrogens is 236 g/mol. The molecule has 1 saturated carbocycles. The average Bonchev–Trinajstić information content (AvgIpc) is 2.49. The summed E-state index contributed by atoms with van der Waals surface area (Å²) in [6.07, 6.45) is 12.6. The van der Waals surface area contributed by atoms with Crippen molar-refractivity contribution in [3.63, 3.8) is 0 Å². The van der Waals surface area contributed by atoms with E-state index < -0.39 is 0 Å². The lowest BCUT2D eigenvalue weighted by atomic mass is 9.67. The molecule has 3 rings (SSSR count). The fourth-order valence-corrected chi connectivity index (χ4v) is 4.63. The molecule has 0 amide bonds. The number of nitrogens with zero attached hydrogens (tertiary/aromatic N) is 1. The predicted molar refractivity (Wildman–Crippen MR) is 78.2 cm³/mol. The lowest BCUT2D eigenvalue weighted by Crippen LogP contribution is -2.61. The standard InChI is InChI=1S/C16H30N2O/c17-13-16(7-4-12-19-14-16)18-10-8-15(9-11-18)5-2-1-3-6-15/h1-14,17H2. The van der Waals surface area contributed by atoms with Crippen molar-refractivity contribution in [2.24, 2.45) is 11.1 Å². The molecule has 2 aliphatic heterocycles. The Morgan fingerprint density at radius 2 is 1.63 bits per heavy atom. The third-order valence-electron chi connectivity index (χ3n) is 6.09. The van der Waals surface area contributed by atoms with Crippen molar-refractivity contribution in [2.45, 2.75) is 63.3 Å².